The van der Waals surface area contributed by atoms with Gasteiger partial charge in [0, 0.05) is 12.7 Å². The molecule has 0 fully saturated rings. The van der Waals surface area contributed by atoms with Gasteiger partial charge < -0.3 is 10.5 Å². The molecule has 1 aromatic rings. The molecule has 0 saturated carbocycles. The van der Waals surface area contributed by atoms with Gasteiger partial charge in [0.2, 0.25) is 0 Å². The fraction of sp³-hybridized carbons (Fsp3) is 0.364. The van der Waals surface area contributed by atoms with Crippen molar-refractivity contribution in [3.63, 3.8) is 0 Å². The summed E-state index contributed by atoms with van der Waals surface area (Å²) in [4.78, 5) is 11.5. The molecular formula is C11H15NO2. The van der Waals surface area contributed by atoms with Gasteiger partial charge >= 0.3 is 0 Å². The zero-order valence-electron chi connectivity index (χ0n) is 8.49. The molecule has 3 heteroatoms. The van der Waals surface area contributed by atoms with E-state index >= 15 is 0 Å². The van der Waals surface area contributed by atoms with Gasteiger partial charge in [-0.15, -0.1) is 0 Å². The van der Waals surface area contributed by atoms with E-state index < -0.39 is 6.04 Å². The molecule has 0 spiro atoms. The topological polar surface area (TPSA) is 52.3 Å². The second-order valence-electron chi connectivity index (χ2n) is 3.29. The van der Waals surface area contributed by atoms with E-state index in [9.17, 15) is 4.79 Å². The van der Waals surface area contributed by atoms with Gasteiger partial charge in [0.25, 0.3) is 0 Å². The van der Waals surface area contributed by atoms with Crippen molar-refractivity contribution in [3.8, 4) is 0 Å². The number of Topliss-reactive ketones (excluding diaryl/α,β-unsaturated/α-hetero) is 1. The average Bonchev–Trinajstić information content (AvgIpc) is 2.17. The average molecular weight is 193 g/mol. The molecule has 2 N–H and O–H groups in total. The molecule has 1 rings (SSSR count). The lowest BCUT2D eigenvalue weighted by molar-refractivity contribution is 0.0967. The Balaban J connectivity index is 2.88. The Morgan fingerprint density at radius 1 is 1.57 bits per heavy atom. The van der Waals surface area contributed by atoms with Crippen LogP contribution in [-0.2, 0) is 11.3 Å². The Kier molecular flexibility index (Phi) is 3.80. The van der Waals surface area contributed by atoms with E-state index in [-0.39, 0.29) is 5.78 Å². The quantitative estimate of drug-likeness (QED) is 0.734. The minimum absolute atomic E-state index is 0.0389. The van der Waals surface area contributed by atoms with Crippen molar-refractivity contribution in [2.75, 3.05) is 7.11 Å². The van der Waals surface area contributed by atoms with E-state index in [4.69, 9.17) is 10.5 Å². The normalized spacial score (nSPS) is 12.5. The Morgan fingerprint density at radius 3 is 2.86 bits per heavy atom. The highest BCUT2D eigenvalue weighted by atomic mass is 16.5. The highest BCUT2D eigenvalue weighted by molar-refractivity contribution is 5.99. The first-order valence-electron chi connectivity index (χ1n) is 4.53. The molecule has 1 atom stereocenters. The number of hydrogen-bond donors (Lipinski definition) is 1. The first-order chi connectivity index (χ1) is 6.65. The SMILES string of the molecule is COCc1cccc(C(=O)C(C)N)c1. The second-order valence-corrected chi connectivity index (χ2v) is 3.29. The fourth-order valence-corrected chi connectivity index (χ4v) is 1.24. The maximum absolute atomic E-state index is 11.5. The number of ether oxygens (including phenoxy) is 1. The summed E-state index contributed by atoms with van der Waals surface area (Å²) in [7, 11) is 1.63. The molecule has 0 aliphatic heterocycles. The number of benzene rings is 1. The fourth-order valence-electron chi connectivity index (χ4n) is 1.24. The Bertz CT molecular complexity index is 321. The van der Waals surface area contributed by atoms with Crippen molar-refractivity contribution >= 4 is 5.78 Å². The van der Waals surface area contributed by atoms with Gasteiger partial charge in [-0.3, -0.25) is 4.79 Å². The summed E-state index contributed by atoms with van der Waals surface area (Å²) in [6.07, 6.45) is 0. The standard InChI is InChI=1S/C11H15NO2/c1-8(12)11(13)10-5-3-4-9(6-10)7-14-2/h3-6,8H,7,12H2,1-2H3. The Hall–Kier alpha value is -1.19. The van der Waals surface area contributed by atoms with Crippen LogP contribution in [0, 0.1) is 0 Å². The molecule has 1 unspecified atom stereocenters. The van der Waals surface area contributed by atoms with E-state index in [0.29, 0.717) is 12.2 Å². The largest absolute Gasteiger partial charge is 0.380 e. The van der Waals surface area contributed by atoms with Crippen LogP contribution in [0.5, 0.6) is 0 Å². The molecule has 76 valence electrons. The van der Waals surface area contributed by atoms with Crippen molar-refractivity contribution in [2.45, 2.75) is 19.6 Å². The lowest BCUT2D eigenvalue weighted by Gasteiger charge is -2.06. The number of methoxy groups -OCH3 is 1. The summed E-state index contributed by atoms with van der Waals surface area (Å²) in [5.41, 5.74) is 7.14. The zero-order valence-corrected chi connectivity index (χ0v) is 8.49. The molecule has 3 nitrogen and oxygen atoms in total. The predicted molar refractivity (Wildman–Crippen MR) is 55.1 cm³/mol. The molecule has 0 amide bonds. The summed E-state index contributed by atoms with van der Waals surface area (Å²) in [5.74, 6) is -0.0389. The third kappa shape index (κ3) is 2.65. The molecule has 0 bridgehead atoms. The lowest BCUT2D eigenvalue weighted by atomic mass is 10.0. The minimum Gasteiger partial charge on any atom is -0.380 e. The van der Waals surface area contributed by atoms with Crippen molar-refractivity contribution in [3.05, 3.63) is 35.4 Å². The van der Waals surface area contributed by atoms with Gasteiger partial charge in [0.05, 0.1) is 12.6 Å². The molecule has 1 aromatic carbocycles. The van der Waals surface area contributed by atoms with Gasteiger partial charge in [0.15, 0.2) is 5.78 Å². The van der Waals surface area contributed by atoms with E-state index in [1.54, 1.807) is 20.1 Å². The van der Waals surface area contributed by atoms with Crippen LogP contribution in [0.15, 0.2) is 24.3 Å². The predicted octanol–water partition coefficient (Wildman–Crippen LogP) is 1.36. The van der Waals surface area contributed by atoms with Crippen LogP contribution in [0.2, 0.25) is 0 Å². The monoisotopic (exact) mass is 193 g/mol. The van der Waals surface area contributed by atoms with Crippen molar-refractivity contribution in [1.29, 1.82) is 0 Å². The first kappa shape index (κ1) is 10.9. The smallest absolute Gasteiger partial charge is 0.179 e. The Labute approximate surface area is 83.9 Å². The summed E-state index contributed by atoms with van der Waals surface area (Å²) in [6.45, 7) is 2.20. The third-order valence-corrected chi connectivity index (χ3v) is 1.94. The van der Waals surface area contributed by atoms with Gasteiger partial charge in [-0.1, -0.05) is 18.2 Å². The van der Waals surface area contributed by atoms with Crippen molar-refractivity contribution in [2.24, 2.45) is 5.73 Å². The minimum atomic E-state index is -0.451. The van der Waals surface area contributed by atoms with Gasteiger partial charge in [-0.2, -0.15) is 0 Å². The van der Waals surface area contributed by atoms with Crippen LogP contribution in [0.1, 0.15) is 22.8 Å². The number of carbonyl (C=O) groups is 1. The van der Waals surface area contributed by atoms with Crippen LogP contribution in [0.4, 0.5) is 0 Å². The summed E-state index contributed by atoms with van der Waals surface area (Å²) >= 11 is 0. The van der Waals surface area contributed by atoms with Crippen LogP contribution in [0.3, 0.4) is 0 Å². The second kappa shape index (κ2) is 4.88. The van der Waals surface area contributed by atoms with Crippen LogP contribution >= 0.6 is 0 Å². The third-order valence-electron chi connectivity index (χ3n) is 1.94. The molecule has 0 aliphatic carbocycles. The molecule has 0 aliphatic rings. The zero-order chi connectivity index (χ0) is 10.6. The summed E-state index contributed by atoms with van der Waals surface area (Å²) < 4.78 is 4.98. The number of ketones is 1. The van der Waals surface area contributed by atoms with E-state index in [0.717, 1.165) is 5.56 Å². The van der Waals surface area contributed by atoms with E-state index in [2.05, 4.69) is 0 Å². The summed E-state index contributed by atoms with van der Waals surface area (Å²) in [6, 6.07) is 6.89. The molecular weight excluding hydrogens is 178 g/mol. The molecule has 14 heavy (non-hydrogen) atoms. The van der Waals surface area contributed by atoms with Crippen molar-refractivity contribution in [1.82, 2.24) is 0 Å². The van der Waals surface area contributed by atoms with Gasteiger partial charge in [-0.05, 0) is 18.6 Å². The van der Waals surface area contributed by atoms with Crippen LogP contribution < -0.4 is 5.73 Å². The Morgan fingerprint density at radius 2 is 2.29 bits per heavy atom. The van der Waals surface area contributed by atoms with E-state index in [1.165, 1.54) is 0 Å². The maximum atomic E-state index is 11.5. The maximum Gasteiger partial charge on any atom is 0.179 e. The molecule has 0 heterocycles. The summed E-state index contributed by atoms with van der Waals surface area (Å²) in [5, 5.41) is 0. The van der Waals surface area contributed by atoms with E-state index in [1.807, 2.05) is 18.2 Å². The molecule has 0 saturated heterocycles. The van der Waals surface area contributed by atoms with Crippen LogP contribution in [0.25, 0.3) is 0 Å². The number of rotatable bonds is 4. The number of carbonyl (C=O) groups excluding carboxylic acids is 1. The van der Waals surface area contributed by atoms with Gasteiger partial charge in [0.1, 0.15) is 0 Å². The molecule has 0 radical (unpaired) electrons. The lowest BCUT2D eigenvalue weighted by Crippen LogP contribution is -2.26. The highest BCUT2D eigenvalue weighted by Gasteiger charge is 2.10. The van der Waals surface area contributed by atoms with Gasteiger partial charge in [-0.25, -0.2) is 0 Å². The van der Waals surface area contributed by atoms with Crippen LogP contribution in [-0.4, -0.2) is 18.9 Å². The number of hydrogen-bond acceptors (Lipinski definition) is 3. The number of nitrogens with two attached hydrogens (primary N) is 1. The van der Waals surface area contributed by atoms with Crippen molar-refractivity contribution < 1.29 is 9.53 Å². The first-order valence-corrected chi connectivity index (χ1v) is 4.53. The highest BCUT2D eigenvalue weighted by Crippen LogP contribution is 2.08. The molecule has 0 aromatic heterocycles.